The molecule has 0 spiro atoms. The van der Waals surface area contributed by atoms with E-state index in [9.17, 15) is 4.79 Å². The van der Waals surface area contributed by atoms with Crippen molar-refractivity contribution >= 4 is 6.09 Å². The summed E-state index contributed by atoms with van der Waals surface area (Å²) in [4.78, 5) is 12.0. The second-order valence-corrected chi connectivity index (χ2v) is 6.05. The van der Waals surface area contributed by atoms with E-state index in [2.05, 4.69) is 25.2 Å². The first-order chi connectivity index (χ1) is 9.56. The number of amides is 1. The summed E-state index contributed by atoms with van der Waals surface area (Å²) >= 11 is 0. The Morgan fingerprint density at radius 2 is 1.95 bits per heavy atom. The van der Waals surface area contributed by atoms with Gasteiger partial charge in [0.2, 0.25) is 0 Å². The third-order valence-corrected chi connectivity index (χ3v) is 4.01. The summed E-state index contributed by atoms with van der Waals surface area (Å²) < 4.78 is 5.49. The second kappa shape index (κ2) is 6.78. The summed E-state index contributed by atoms with van der Waals surface area (Å²) in [5.74, 6) is 1.10. The van der Waals surface area contributed by atoms with Crippen molar-refractivity contribution in [1.29, 1.82) is 0 Å². The number of aryl methyl sites for hydroxylation is 1. The molecule has 1 aromatic rings. The molecule has 0 unspecified atom stereocenters. The molecule has 0 heterocycles. The maximum Gasteiger partial charge on any atom is 0.412 e. The number of ether oxygens (including phenoxy) is 1. The van der Waals surface area contributed by atoms with Crippen molar-refractivity contribution in [2.75, 3.05) is 0 Å². The molecule has 0 bridgehead atoms. The lowest BCUT2D eigenvalue weighted by atomic mass is 9.96. The van der Waals surface area contributed by atoms with Crippen LogP contribution in [0.1, 0.15) is 63.0 Å². The van der Waals surface area contributed by atoms with Crippen LogP contribution in [0.3, 0.4) is 0 Å². The zero-order valence-electron chi connectivity index (χ0n) is 12.7. The van der Waals surface area contributed by atoms with Crippen molar-refractivity contribution in [3.05, 3.63) is 29.3 Å². The molecule has 0 radical (unpaired) electrons. The first-order valence-corrected chi connectivity index (χ1v) is 7.65. The molecule has 1 saturated carbocycles. The standard InChI is InChI=1S/C17H25NO2/c1-12(2)14-10-9-13(3)16(11-14)20-17(19)18-15-7-5-4-6-8-15/h9-12,15H,4-8H2,1-3H3,(H,18,19). The van der Waals surface area contributed by atoms with E-state index in [4.69, 9.17) is 4.74 Å². The Kier molecular flexibility index (Phi) is 5.05. The Balaban J connectivity index is 1.97. The molecule has 1 N–H and O–H groups in total. The minimum atomic E-state index is -0.319. The van der Waals surface area contributed by atoms with E-state index in [0.29, 0.717) is 11.7 Å². The number of carbonyl (C=O) groups excluding carboxylic acids is 1. The molecule has 1 aliphatic rings. The van der Waals surface area contributed by atoms with Crippen LogP contribution in [-0.2, 0) is 0 Å². The number of carbonyl (C=O) groups is 1. The average molecular weight is 275 g/mol. The van der Waals surface area contributed by atoms with E-state index in [-0.39, 0.29) is 12.1 Å². The highest BCUT2D eigenvalue weighted by Gasteiger charge is 2.17. The Morgan fingerprint density at radius 1 is 1.25 bits per heavy atom. The predicted octanol–water partition coefficient (Wildman–Crippen LogP) is 4.54. The zero-order chi connectivity index (χ0) is 14.5. The fraction of sp³-hybridized carbons (Fsp3) is 0.588. The molecule has 0 saturated heterocycles. The molecular weight excluding hydrogens is 250 g/mol. The van der Waals surface area contributed by atoms with E-state index >= 15 is 0 Å². The molecule has 1 aromatic carbocycles. The van der Waals surface area contributed by atoms with Gasteiger partial charge < -0.3 is 10.1 Å². The number of benzene rings is 1. The van der Waals surface area contributed by atoms with Gasteiger partial charge in [0.05, 0.1) is 0 Å². The van der Waals surface area contributed by atoms with Gasteiger partial charge in [0, 0.05) is 6.04 Å². The highest BCUT2D eigenvalue weighted by atomic mass is 16.6. The van der Waals surface area contributed by atoms with Crippen LogP contribution in [0.4, 0.5) is 4.79 Å². The Labute approximate surface area is 121 Å². The third-order valence-electron chi connectivity index (χ3n) is 4.01. The Bertz CT molecular complexity index is 462. The summed E-state index contributed by atoms with van der Waals surface area (Å²) in [5.41, 5.74) is 2.18. The van der Waals surface area contributed by atoms with Gasteiger partial charge in [-0.15, -0.1) is 0 Å². The summed E-state index contributed by atoms with van der Waals surface area (Å²) in [6.45, 7) is 6.24. The van der Waals surface area contributed by atoms with Crippen molar-refractivity contribution in [3.8, 4) is 5.75 Å². The fourth-order valence-corrected chi connectivity index (χ4v) is 2.63. The van der Waals surface area contributed by atoms with Crippen LogP contribution in [0.25, 0.3) is 0 Å². The highest BCUT2D eigenvalue weighted by Crippen LogP contribution is 2.24. The lowest BCUT2D eigenvalue weighted by Crippen LogP contribution is -2.38. The monoisotopic (exact) mass is 275 g/mol. The smallest absolute Gasteiger partial charge is 0.410 e. The molecule has 1 fully saturated rings. The van der Waals surface area contributed by atoms with Gasteiger partial charge >= 0.3 is 6.09 Å². The topological polar surface area (TPSA) is 38.3 Å². The lowest BCUT2D eigenvalue weighted by Gasteiger charge is -2.22. The molecule has 3 heteroatoms. The second-order valence-electron chi connectivity index (χ2n) is 6.05. The van der Waals surface area contributed by atoms with Crippen LogP contribution in [0.15, 0.2) is 18.2 Å². The van der Waals surface area contributed by atoms with Crippen LogP contribution >= 0.6 is 0 Å². The van der Waals surface area contributed by atoms with Crippen molar-refractivity contribution in [1.82, 2.24) is 5.32 Å². The van der Waals surface area contributed by atoms with E-state index < -0.39 is 0 Å². The SMILES string of the molecule is Cc1ccc(C(C)C)cc1OC(=O)NC1CCCCC1. The van der Waals surface area contributed by atoms with Gasteiger partial charge in [-0.3, -0.25) is 0 Å². The molecule has 1 aliphatic carbocycles. The number of hydrogen-bond acceptors (Lipinski definition) is 2. The minimum absolute atomic E-state index is 0.282. The molecule has 2 rings (SSSR count). The van der Waals surface area contributed by atoms with E-state index in [1.54, 1.807) is 0 Å². The highest BCUT2D eigenvalue weighted by molar-refractivity contribution is 5.71. The normalized spacial score (nSPS) is 16.2. The van der Waals surface area contributed by atoms with Gasteiger partial charge in [-0.1, -0.05) is 45.2 Å². The van der Waals surface area contributed by atoms with Crippen molar-refractivity contribution in [2.45, 2.75) is 64.8 Å². The van der Waals surface area contributed by atoms with Crippen LogP contribution in [-0.4, -0.2) is 12.1 Å². The van der Waals surface area contributed by atoms with E-state index in [0.717, 1.165) is 18.4 Å². The zero-order valence-corrected chi connectivity index (χ0v) is 12.7. The van der Waals surface area contributed by atoms with Gasteiger partial charge in [-0.05, 0) is 42.9 Å². The molecule has 20 heavy (non-hydrogen) atoms. The van der Waals surface area contributed by atoms with Gasteiger partial charge in [-0.25, -0.2) is 4.79 Å². The van der Waals surface area contributed by atoms with Gasteiger partial charge in [0.1, 0.15) is 5.75 Å². The fourth-order valence-electron chi connectivity index (χ4n) is 2.63. The van der Waals surface area contributed by atoms with Crippen LogP contribution in [0, 0.1) is 6.92 Å². The number of hydrogen-bond donors (Lipinski definition) is 1. The molecular formula is C17H25NO2. The van der Waals surface area contributed by atoms with Gasteiger partial charge in [0.25, 0.3) is 0 Å². The summed E-state index contributed by atoms with van der Waals surface area (Å²) in [6, 6.07) is 6.36. The van der Waals surface area contributed by atoms with E-state index in [1.807, 2.05) is 19.1 Å². The van der Waals surface area contributed by atoms with Crippen LogP contribution in [0.2, 0.25) is 0 Å². The van der Waals surface area contributed by atoms with Crippen LogP contribution < -0.4 is 10.1 Å². The number of rotatable bonds is 3. The predicted molar refractivity (Wildman–Crippen MR) is 81.3 cm³/mol. The summed E-state index contributed by atoms with van der Waals surface area (Å²) in [7, 11) is 0. The van der Waals surface area contributed by atoms with Crippen molar-refractivity contribution in [2.24, 2.45) is 0 Å². The third kappa shape index (κ3) is 3.99. The first-order valence-electron chi connectivity index (χ1n) is 7.65. The van der Waals surface area contributed by atoms with Crippen LogP contribution in [0.5, 0.6) is 5.75 Å². The Hall–Kier alpha value is -1.51. The summed E-state index contributed by atoms with van der Waals surface area (Å²) in [5, 5.41) is 2.98. The van der Waals surface area contributed by atoms with Crippen molar-refractivity contribution in [3.63, 3.8) is 0 Å². The number of nitrogens with one attached hydrogen (secondary N) is 1. The Morgan fingerprint density at radius 3 is 2.60 bits per heavy atom. The molecule has 0 aromatic heterocycles. The van der Waals surface area contributed by atoms with Gasteiger partial charge in [-0.2, -0.15) is 0 Å². The maximum absolute atomic E-state index is 12.0. The summed E-state index contributed by atoms with van der Waals surface area (Å²) in [6.07, 6.45) is 5.50. The molecule has 3 nitrogen and oxygen atoms in total. The molecule has 110 valence electrons. The largest absolute Gasteiger partial charge is 0.412 e. The molecule has 0 aliphatic heterocycles. The first kappa shape index (κ1) is 14.9. The molecule has 1 amide bonds. The van der Waals surface area contributed by atoms with Gasteiger partial charge in [0.15, 0.2) is 0 Å². The quantitative estimate of drug-likeness (QED) is 0.879. The molecule has 0 atom stereocenters. The minimum Gasteiger partial charge on any atom is -0.410 e. The van der Waals surface area contributed by atoms with E-state index in [1.165, 1.54) is 24.8 Å². The average Bonchev–Trinajstić information content (AvgIpc) is 2.42. The maximum atomic E-state index is 12.0. The lowest BCUT2D eigenvalue weighted by molar-refractivity contribution is 0.191. The van der Waals surface area contributed by atoms with Crippen molar-refractivity contribution < 1.29 is 9.53 Å².